The van der Waals surface area contributed by atoms with Crippen LogP contribution in [0.15, 0.2) is 75.7 Å². The maximum absolute atomic E-state index is 4.75. The molecule has 4 rings (SSSR count). The van der Waals surface area contributed by atoms with Gasteiger partial charge in [0.05, 0.1) is 11.0 Å². The van der Waals surface area contributed by atoms with E-state index in [-0.39, 0.29) is 0 Å². The standard InChI is InChI=1S/C19H12Br2N2/c20-12-9-10-13(14-5-1-2-6-16(14)21)15(11-12)19-22-17-7-3-4-8-18(17)23-19/h1-11H,(H,22,23). The molecule has 0 amide bonds. The molecule has 1 N–H and O–H groups in total. The van der Waals surface area contributed by atoms with Crippen molar-refractivity contribution >= 4 is 42.9 Å². The Morgan fingerprint density at radius 2 is 1.52 bits per heavy atom. The molecule has 0 radical (unpaired) electrons. The first kappa shape index (κ1) is 14.7. The van der Waals surface area contributed by atoms with Crippen molar-refractivity contribution in [1.29, 1.82) is 0 Å². The van der Waals surface area contributed by atoms with Gasteiger partial charge < -0.3 is 4.98 Å². The molecule has 0 aliphatic rings. The number of halogens is 2. The molecule has 0 atom stereocenters. The molecular formula is C19H12Br2N2. The number of para-hydroxylation sites is 2. The number of hydrogen-bond acceptors (Lipinski definition) is 1. The monoisotopic (exact) mass is 426 g/mol. The van der Waals surface area contributed by atoms with Gasteiger partial charge in [-0.25, -0.2) is 4.98 Å². The number of H-pyrrole nitrogens is 1. The number of aromatic nitrogens is 2. The Balaban J connectivity index is 1.97. The summed E-state index contributed by atoms with van der Waals surface area (Å²) in [4.78, 5) is 8.17. The third-order valence-electron chi connectivity index (χ3n) is 3.79. The molecule has 4 heteroatoms. The summed E-state index contributed by atoms with van der Waals surface area (Å²) in [7, 11) is 0. The number of fused-ring (bicyclic) bond motifs is 1. The van der Waals surface area contributed by atoms with Crippen LogP contribution >= 0.6 is 31.9 Å². The molecule has 1 aromatic heterocycles. The first-order valence-electron chi connectivity index (χ1n) is 7.22. The topological polar surface area (TPSA) is 28.7 Å². The van der Waals surface area contributed by atoms with E-state index < -0.39 is 0 Å². The summed E-state index contributed by atoms with van der Waals surface area (Å²) in [5.74, 6) is 0.873. The van der Waals surface area contributed by atoms with Crippen LogP contribution in [0, 0.1) is 0 Å². The maximum atomic E-state index is 4.75. The van der Waals surface area contributed by atoms with E-state index in [2.05, 4.69) is 67.2 Å². The minimum atomic E-state index is 0.873. The average molecular weight is 428 g/mol. The van der Waals surface area contributed by atoms with Crippen LogP contribution in [0.2, 0.25) is 0 Å². The lowest BCUT2D eigenvalue weighted by atomic mass is 9.99. The highest BCUT2D eigenvalue weighted by Gasteiger charge is 2.13. The van der Waals surface area contributed by atoms with Crippen molar-refractivity contribution in [2.24, 2.45) is 0 Å². The molecule has 0 bridgehead atoms. The predicted molar refractivity (Wildman–Crippen MR) is 102 cm³/mol. The molecule has 4 aromatic rings. The summed E-state index contributed by atoms with van der Waals surface area (Å²) in [6.45, 7) is 0. The number of rotatable bonds is 2. The number of benzene rings is 3. The van der Waals surface area contributed by atoms with Gasteiger partial charge in [0.1, 0.15) is 5.82 Å². The van der Waals surface area contributed by atoms with Crippen molar-refractivity contribution in [3.63, 3.8) is 0 Å². The van der Waals surface area contributed by atoms with Crippen LogP contribution in [0.3, 0.4) is 0 Å². The molecule has 2 nitrogen and oxygen atoms in total. The first-order valence-corrected chi connectivity index (χ1v) is 8.80. The zero-order valence-electron chi connectivity index (χ0n) is 12.1. The van der Waals surface area contributed by atoms with E-state index in [1.165, 1.54) is 0 Å². The van der Waals surface area contributed by atoms with E-state index in [9.17, 15) is 0 Å². The molecule has 112 valence electrons. The molecule has 1 heterocycles. The van der Waals surface area contributed by atoms with Gasteiger partial charge in [-0.3, -0.25) is 0 Å². The molecule has 0 aliphatic heterocycles. The summed E-state index contributed by atoms with van der Waals surface area (Å²) < 4.78 is 2.10. The van der Waals surface area contributed by atoms with E-state index in [0.29, 0.717) is 0 Å². The quantitative estimate of drug-likeness (QED) is 0.392. The second kappa shape index (κ2) is 5.95. The Kier molecular flexibility index (Phi) is 3.79. The van der Waals surface area contributed by atoms with E-state index in [1.807, 2.05) is 36.4 Å². The van der Waals surface area contributed by atoms with E-state index in [0.717, 1.165) is 42.5 Å². The second-order valence-electron chi connectivity index (χ2n) is 5.27. The van der Waals surface area contributed by atoms with Gasteiger partial charge in [0.15, 0.2) is 0 Å². The van der Waals surface area contributed by atoms with E-state index >= 15 is 0 Å². The van der Waals surface area contributed by atoms with Gasteiger partial charge in [-0.1, -0.05) is 68.3 Å². The van der Waals surface area contributed by atoms with Gasteiger partial charge in [0, 0.05) is 14.5 Å². The minimum absolute atomic E-state index is 0.873. The normalized spacial score (nSPS) is 11.0. The average Bonchev–Trinajstić information content (AvgIpc) is 2.99. The lowest BCUT2D eigenvalue weighted by molar-refractivity contribution is 1.33. The molecule has 0 saturated carbocycles. The molecule has 0 saturated heterocycles. The smallest absolute Gasteiger partial charge is 0.139 e. The van der Waals surface area contributed by atoms with Crippen molar-refractivity contribution in [3.8, 4) is 22.5 Å². The van der Waals surface area contributed by atoms with Gasteiger partial charge in [0.25, 0.3) is 0 Å². The van der Waals surface area contributed by atoms with Crippen LogP contribution in [0.5, 0.6) is 0 Å². The van der Waals surface area contributed by atoms with Crippen LogP contribution in [-0.2, 0) is 0 Å². The summed E-state index contributed by atoms with van der Waals surface area (Å²) >= 11 is 7.23. The maximum Gasteiger partial charge on any atom is 0.139 e. The summed E-state index contributed by atoms with van der Waals surface area (Å²) in [6.07, 6.45) is 0. The van der Waals surface area contributed by atoms with Gasteiger partial charge >= 0.3 is 0 Å². The van der Waals surface area contributed by atoms with Gasteiger partial charge in [-0.2, -0.15) is 0 Å². The minimum Gasteiger partial charge on any atom is -0.338 e. The van der Waals surface area contributed by atoms with Crippen LogP contribution in [-0.4, -0.2) is 9.97 Å². The van der Waals surface area contributed by atoms with Crippen molar-refractivity contribution in [2.75, 3.05) is 0 Å². The lowest BCUT2D eigenvalue weighted by Gasteiger charge is -2.10. The first-order chi connectivity index (χ1) is 11.2. The third-order valence-corrected chi connectivity index (χ3v) is 4.97. The highest BCUT2D eigenvalue weighted by Crippen LogP contribution is 2.37. The number of aromatic amines is 1. The van der Waals surface area contributed by atoms with Crippen LogP contribution in [0.4, 0.5) is 0 Å². The summed E-state index contributed by atoms with van der Waals surface area (Å²) in [6, 6.07) is 22.6. The Bertz CT molecular complexity index is 972. The Labute approximate surface area is 150 Å². The zero-order chi connectivity index (χ0) is 15.8. The van der Waals surface area contributed by atoms with E-state index in [4.69, 9.17) is 4.98 Å². The van der Waals surface area contributed by atoms with Gasteiger partial charge in [-0.15, -0.1) is 0 Å². The number of hydrogen-bond donors (Lipinski definition) is 1. The van der Waals surface area contributed by atoms with Crippen LogP contribution in [0.25, 0.3) is 33.5 Å². The Hall–Kier alpha value is -1.91. The zero-order valence-corrected chi connectivity index (χ0v) is 15.2. The van der Waals surface area contributed by atoms with Crippen LogP contribution < -0.4 is 0 Å². The largest absolute Gasteiger partial charge is 0.338 e. The second-order valence-corrected chi connectivity index (χ2v) is 7.04. The molecule has 0 unspecified atom stereocenters. The Morgan fingerprint density at radius 1 is 0.739 bits per heavy atom. The highest BCUT2D eigenvalue weighted by atomic mass is 79.9. The number of nitrogens with zero attached hydrogens (tertiary/aromatic N) is 1. The molecule has 3 aromatic carbocycles. The number of imidazole rings is 1. The summed E-state index contributed by atoms with van der Waals surface area (Å²) in [5.41, 5.74) is 5.37. The van der Waals surface area contributed by atoms with Gasteiger partial charge in [0.2, 0.25) is 0 Å². The van der Waals surface area contributed by atoms with Crippen LogP contribution in [0.1, 0.15) is 0 Å². The number of nitrogens with one attached hydrogen (secondary N) is 1. The molecule has 0 spiro atoms. The molecular weight excluding hydrogens is 416 g/mol. The molecule has 0 aliphatic carbocycles. The Morgan fingerprint density at radius 3 is 2.35 bits per heavy atom. The van der Waals surface area contributed by atoms with Crippen molar-refractivity contribution in [3.05, 3.63) is 75.7 Å². The van der Waals surface area contributed by atoms with Crippen molar-refractivity contribution in [1.82, 2.24) is 9.97 Å². The van der Waals surface area contributed by atoms with E-state index in [1.54, 1.807) is 0 Å². The molecule has 0 fully saturated rings. The fraction of sp³-hybridized carbons (Fsp3) is 0. The fourth-order valence-corrected chi connectivity index (χ4v) is 3.57. The predicted octanol–water partition coefficient (Wildman–Crippen LogP) is 6.42. The highest BCUT2D eigenvalue weighted by molar-refractivity contribution is 9.10. The van der Waals surface area contributed by atoms with Crippen molar-refractivity contribution in [2.45, 2.75) is 0 Å². The lowest BCUT2D eigenvalue weighted by Crippen LogP contribution is -1.88. The SMILES string of the molecule is Brc1ccc(-c2ccccc2Br)c(-c2nc3ccccc3[nH]2)c1. The van der Waals surface area contributed by atoms with Crippen molar-refractivity contribution < 1.29 is 0 Å². The summed E-state index contributed by atoms with van der Waals surface area (Å²) in [5, 5.41) is 0. The fourth-order valence-electron chi connectivity index (χ4n) is 2.71. The third kappa shape index (κ3) is 2.73. The van der Waals surface area contributed by atoms with Gasteiger partial charge in [-0.05, 0) is 41.5 Å². The molecule has 23 heavy (non-hydrogen) atoms.